The fourth-order valence-corrected chi connectivity index (χ4v) is 3.74. The normalized spacial score (nSPS) is 19.7. The lowest BCUT2D eigenvalue weighted by atomic mass is 9.91. The third kappa shape index (κ3) is 4.93. The molecule has 5 heteroatoms. The molecular weight excluding hydrogens is 338 g/mol. The summed E-state index contributed by atoms with van der Waals surface area (Å²) in [6.45, 7) is 2.31. The first-order chi connectivity index (χ1) is 13.1. The van der Waals surface area contributed by atoms with E-state index in [9.17, 15) is 4.79 Å². The van der Waals surface area contributed by atoms with Crippen molar-refractivity contribution >= 4 is 5.78 Å². The minimum Gasteiger partial charge on any atom is -0.496 e. The van der Waals surface area contributed by atoms with Crippen molar-refractivity contribution < 1.29 is 9.53 Å². The van der Waals surface area contributed by atoms with Crippen LogP contribution >= 0.6 is 0 Å². The number of pyridine rings is 1. The molecule has 3 rings (SSSR count). The highest BCUT2D eigenvalue weighted by Gasteiger charge is 2.19. The molecule has 1 aromatic heterocycles. The first-order valence-corrected chi connectivity index (χ1v) is 9.65. The molecule has 1 saturated carbocycles. The molecule has 0 bridgehead atoms. The van der Waals surface area contributed by atoms with Crippen LogP contribution in [0.15, 0.2) is 36.5 Å². The second kappa shape index (κ2) is 9.11. The summed E-state index contributed by atoms with van der Waals surface area (Å²) in [6, 6.07) is 11.2. The van der Waals surface area contributed by atoms with Crippen molar-refractivity contribution in [3.8, 4) is 16.9 Å². The lowest BCUT2D eigenvalue weighted by Crippen LogP contribution is -2.38. The van der Waals surface area contributed by atoms with E-state index in [2.05, 4.69) is 21.7 Å². The van der Waals surface area contributed by atoms with Gasteiger partial charge in [-0.3, -0.25) is 9.78 Å². The summed E-state index contributed by atoms with van der Waals surface area (Å²) in [5.74, 6) is 0.862. The predicted molar refractivity (Wildman–Crippen MR) is 108 cm³/mol. The molecule has 5 nitrogen and oxygen atoms in total. The third-order valence-corrected chi connectivity index (χ3v) is 5.45. The smallest absolute Gasteiger partial charge is 0.178 e. The molecule has 0 spiro atoms. The largest absolute Gasteiger partial charge is 0.496 e. The van der Waals surface area contributed by atoms with E-state index in [-0.39, 0.29) is 5.78 Å². The van der Waals surface area contributed by atoms with Gasteiger partial charge in [0.15, 0.2) is 5.78 Å². The zero-order valence-electron chi connectivity index (χ0n) is 16.4. The Morgan fingerprint density at radius 2 is 1.81 bits per heavy atom. The Morgan fingerprint density at radius 1 is 1.11 bits per heavy atom. The molecule has 0 saturated heterocycles. The number of carbonyl (C=O) groups is 1. The number of hydrogen-bond donors (Lipinski definition) is 2. The highest BCUT2D eigenvalue weighted by atomic mass is 16.5. The second-order valence-electron chi connectivity index (χ2n) is 7.23. The number of ketones is 1. The van der Waals surface area contributed by atoms with Crippen molar-refractivity contribution in [1.29, 1.82) is 0 Å². The Balaban J connectivity index is 1.74. The van der Waals surface area contributed by atoms with Crippen molar-refractivity contribution in [3.05, 3.63) is 47.8 Å². The average Bonchev–Trinajstić information content (AvgIpc) is 2.72. The molecule has 1 aliphatic rings. The van der Waals surface area contributed by atoms with Crippen LogP contribution < -0.4 is 15.4 Å². The summed E-state index contributed by atoms with van der Waals surface area (Å²) in [5.41, 5.74) is 3.68. The van der Waals surface area contributed by atoms with Gasteiger partial charge in [-0.15, -0.1) is 0 Å². The van der Waals surface area contributed by atoms with Crippen molar-refractivity contribution in [3.63, 3.8) is 0 Å². The Labute approximate surface area is 161 Å². The van der Waals surface area contributed by atoms with E-state index in [1.807, 2.05) is 31.3 Å². The SMILES string of the molecule is CNC1CCC(NCc2cc(-c3ccnc(C(C)=O)c3)ccc2OC)CC1. The lowest BCUT2D eigenvalue weighted by Gasteiger charge is -2.29. The summed E-state index contributed by atoms with van der Waals surface area (Å²) in [4.78, 5) is 15.8. The van der Waals surface area contributed by atoms with Gasteiger partial charge in [-0.05, 0) is 68.1 Å². The number of ether oxygens (including phenoxy) is 1. The van der Waals surface area contributed by atoms with Crippen LogP contribution in [0.1, 0.15) is 48.7 Å². The highest BCUT2D eigenvalue weighted by Crippen LogP contribution is 2.28. The molecule has 0 atom stereocenters. The highest BCUT2D eigenvalue weighted by molar-refractivity contribution is 5.93. The van der Waals surface area contributed by atoms with Crippen molar-refractivity contribution in [2.75, 3.05) is 14.2 Å². The van der Waals surface area contributed by atoms with E-state index in [1.165, 1.54) is 32.6 Å². The molecule has 1 heterocycles. The topological polar surface area (TPSA) is 63.2 Å². The van der Waals surface area contributed by atoms with Gasteiger partial charge in [0.05, 0.1) is 7.11 Å². The average molecular weight is 367 g/mol. The van der Waals surface area contributed by atoms with Gasteiger partial charge in [-0.25, -0.2) is 0 Å². The number of carbonyl (C=O) groups excluding carboxylic acids is 1. The Hall–Kier alpha value is -2.24. The van der Waals surface area contributed by atoms with Crippen LogP contribution in [0.25, 0.3) is 11.1 Å². The lowest BCUT2D eigenvalue weighted by molar-refractivity contribution is 0.101. The molecule has 2 N–H and O–H groups in total. The minimum absolute atomic E-state index is 0.0237. The van der Waals surface area contributed by atoms with Crippen molar-refractivity contribution in [2.24, 2.45) is 0 Å². The van der Waals surface area contributed by atoms with Gasteiger partial charge in [0.25, 0.3) is 0 Å². The fraction of sp³-hybridized carbons (Fsp3) is 0.455. The monoisotopic (exact) mass is 367 g/mol. The number of methoxy groups -OCH3 is 1. The van der Waals surface area contributed by atoms with Crippen LogP contribution in [-0.4, -0.2) is 37.0 Å². The van der Waals surface area contributed by atoms with Crippen molar-refractivity contribution in [1.82, 2.24) is 15.6 Å². The van der Waals surface area contributed by atoms with Gasteiger partial charge in [0.2, 0.25) is 0 Å². The van der Waals surface area contributed by atoms with Crippen molar-refractivity contribution in [2.45, 2.75) is 51.2 Å². The van der Waals surface area contributed by atoms with Gasteiger partial charge in [-0.1, -0.05) is 6.07 Å². The maximum atomic E-state index is 11.6. The minimum atomic E-state index is -0.0237. The van der Waals surface area contributed by atoms with Gasteiger partial charge >= 0.3 is 0 Å². The number of nitrogens with zero attached hydrogens (tertiary/aromatic N) is 1. The quantitative estimate of drug-likeness (QED) is 0.733. The van der Waals surface area contributed by atoms with Gasteiger partial charge in [-0.2, -0.15) is 0 Å². The summed E-state index contributed by atoms with van der Waals surface area (Å²) in [7, 11) is 3.75. The molecule has 1 aliphatic carbocycles. The van der Waals surface area contributed by atoms with Crippen LogP contribution in [0.3, 0.4) is 0 Å². The maximum Gasteiger partial charge on any atom is 0.178 e. The zero-order chi connectivity index (χ0) is 19.2. The molecule has 1 fully saturated rings. The fourth-order valence-electron chi connectivity index (χ4n) is 3.74. The first-order valence-electron chi connectivity index (χ1n) is 9.65. The summed E-state index contributed by atoms with van der Waals surface area (Å²) >= 11 is 0. The molecule has 0 aliphatic heterocycles. The molecule has 1 aromatic carbocycles. The molecule has 27 heavy (non-hydrogen) atoms. The standard InChI is InChI=1S/C22H29N3O2/c1-15(26)21-13-17(10-11-24-21)16-4-9-22(27-3)18(12-16)14-25-20-7-5-19(23-2)6-8-20/h4,9-13,19-20,23,25H,5-8,14H2,1-3H3. The zero-order valence-corrected chi connectivity index (χ0v) is 16.4. The van der Waals surface area contributed by atoms with Crippen LogP contribution in [-0.2, 0) is 6.54 Å². The number of hydrogen-bond acceptors (Lipinski definition) is 5. The van der Waals surface area contributed by atoms with Crippen LogP contribution in [0.2, 0.25) is 0 Å². The Bertz CT molecular complexity index is 783. The summed E-state index contributed by atoms with van der Waals surface area (Å²) in [5, 5.41) is 7.07. The van der Waals surface area contributed by atoms with E-state index >= 15 is 0 Å². The Morgan fingerprint density at radius 3 is 2.48 bits per heavy atom. The van der Waals surface area contributed by atoms with Gasteiger partial charge < -0.3 is 15.4 Å². The number of aromatic nitrogens is 1. The summed E-state index contributed by atoms with van der Waals surface area (Å²) in [6.07, 6.45) is 6.51. The number of benzene rings is 1. The number of rotatable bonds is 7. The maximum absolute atomic E-state index is 11.6. The molecule has 144 valence electrons. The van der Waals surface area contributed by atoms with Crippen LogP contribution in [0.5, 0.6) is 5.75 Å². The molecule has 0 radical (unpaired) electrons. The van der Waals surface area contributed by atoms with E-state index in [0.29, 0.717) is 17.8 Å². The molecular formula is C22H29N3O2. The van der Waals surface area contributed by atoms with E-state index in [0.717, 1.165) is 29.0 Å². The Kier molecular flexibility index (Phi) is 6.58. The van der Waals surface area contributed by atoms with Gasteiger partial charge in [0.1, 0.15) is 11.4 Å². The number of nitrogens with one attached hydrogen (secondary N) is 2. The number of Topliss-reactive ketones (excluding diaryl/α,β-unsaturated/α-hetero) is 1. The van der Waals surface area contributed by atoms with Gasteiger partial charge in [0, 0.05) is 37.3 Å². The molecule has 0 amide bonds. The van der Waals surface area contributed by atoms with E-state index in [4.69, 9.17) is 4.74 Å². The second-order valence-corrected chi connectivity index (χ2v) is 7.23. The third-order valence-electron chi connectivity index (χ3n) is 5.45. The van der Waals surface area contributed by atoms with E-state index < -0.39 is 0 Å². The first kappa shape index (κ1) is 19.5. The predicted octanol–water partition coefficient (Wildman–Crippen LogP) is 3.58. The van der Waals surface area contributed by atoms with E-state index in [1.54, 1.807) is 13.3 Å². The molecule has 0 unspecified atom stereocenters. The summed E-state index contributed by atoms with van der Waals surface area (Å²) < 4.78 is 5.56. The molecule has 2 aromatic rings. The van der Waals surface area contributed by atoms with Crippen LogP contribution in [0.4, 0.5) is 0 Å². The van der Waals surface area contributed by atoms with Crippen LogP contribution in [0, 0.1) is 0 Å².